The third-order valence-electron chi connectivity index (χ3n) is 2.70. The molecule has 1 atom stereocenters. The van der Waals surface area contributed by atoms with Gasteiger partial charge >= 0.3 is 0 Å². The second-order valence-corrected chi connectivity index (χ2v) is 4.81. The number of fused-ring (bicyclic) bond motifs is 1. The first-order valence-electron chi connectivity index (χ1n) is 4.92. The molecular weight excluding hydrogens is 233 g/mol. The molecule has 1 heterocycles. The van der Waals surface area contributed by atoms with Gasteiger partial charge in [0.1, 0.15) is 5.56 Å². The van der Waals surface area contributed by atoms with Crippen molar-refractivity contribution in [3.63, 3.8) is 0 Å². The van der Waals surface area contributed by atoms with Crippen molar-refractivity contribution in [1.29, 1.82) is 0 Å². The van der Waals surface area contributed by atoms with Gasteiger partial charge in [-0.05, 0) is 23.6 Å². The van der Waals surface area contributed by atoms with Crippen LogP contribution in [0.4, 0.5) is 5.69 Å². The lowest BCUT2D eigenvalue weighted by atomic mass is 10.1. The number of hydrogen-bond acceptors (Lipinski definition) is 2. The van der Waals surface area contributed by atoms with Gasteiger partial charge in [-0.2, -0.15) is 0 Å². The van der Waals surface area contributed by atoms with Gasteiger partial charge in [-0.1, -0.05) is 29.3 Å². The highest BCUT2D eigenvalue weighted by Gasteiger charge is 2.19. The zero-order valence-electron chi connectivity index (χ0n) is 8.50. The summed E-state index contributed by atoms with van der Waals surface area (Å²) in [6.07, 6.45) is 1.45. The predicted molar refractivity (Wildman–Crippen MR) is 64.0 cm³/mol. The Bertz CT molecular complexity index is 379. The molecule has 0 aromatic heterocycles. The molecule has 1 aliphatic rings. The Hall–Kier alpha value is -0.440. The van der Waals surface area contributed by atoms with Gasteiger partial charge in [0.2, 0.25) is 0 Å². The predicted octanol–water partition coefficient (Wildman–Crippen LogP) is 2.43. The Morgan fingerprint density at radius 2 is 2.27 bits per heavy atom. The molecule has 0 spiro atoms. The van der Waals surface area contributed by atoms with Gasteiger partial charge in [0, 0.05) is 20.0 Å². The van der Waals surface area contributed by atoms with E-state index in [0.717, 1.165) is 29.2 Å². The lowest BCUT2D eigenvalue weighted by molar-refractivity contribution is 0.257. The van der Waals surface area contributed by atoms with Crippen molar-refractivity contribution >= 4 is 28.9 Å². The van der Waals surface area contributed by atoms with Crippen molar-refractivity contribution in [1.82, 2.24) is 0 Å². The van der Waals surface area contributed by atoms with E-state index in [9.17, 15) is 0 Å². The molecule has 82 valence electrons. The van der Waals surface area contributed by atoms with Gasteiger partial charge in [0.25, 0.3) is 0 Å². The zero-order chi connectivity index (χ0) is 11.0. The van der Waals surface area contributed by atoms with Crippen LogP contribution in [-0.2, 0) is 12.8 Å². The van der Waals surface area contributed by atoms with E-state index in [1.54, 1.807) is 0 Å². The molecular formula is C11H13Cl2NO. The number of aliphatic hydroxyl groups excluding tert-OH is 1. The standard InChI is InChI=1S/C11H13Cl2NO/c1-14-3-2-8-4-7(6-10(13)15)5-9(12)11(8)14/h4-5,10,15H,2-3,6H2,1H3. The maximum absolute atomic E-state index is 9.11. The Balaban J connectivity index is 2.36. The zero-order valence-corrected chi connectivity index (χ0v) is 10.0. The van der Waals surface area contributed by atoms with E-state index in [1.165, 1.54) is 5.56 Å². The largest absolute Gasteiger partial charge is 0.377 e. The molecule has 4 heteroatoms. The van der Waals surface area contributed by atoms with E-state index in [0.29, 0.717) is 6.42 Å². The number of alkyl halides is 1. The molecule has 0 saturated carbocycles. The lowest BCUT2D eigenvalue weighted by Gasteiger charge is -2.14. The Labute approximate surface area is 99.4 Å². The van der Waals surface area contributed by atoms with E-state index < -0.39 is 5.56 Å². The summed E-state index contributed by atoms with van der Waals surface area (Å²) in [6.45, 7) is 1.00. The van der Waals surface area contributed by atoms with E-state index in [-0.39, 0.29) is 0 Å². The van der Waals surface area contributed by atoms with Gasteiger partial charge in [0.05, 0.1) is 10.7 Å². The van der Waals surface area contributed by atoms with Gasteiger partial charge in [-0.25, -0.2) is 0 Å². The van der Waals surface area contributed by atoms with Crippen LogP contribution in [0.5, 0.6) is 0 Å². The second-order valence-electron chi connectivity index (χ2n) is 3.90. The van der Waals surface area contributed by atoms with Crippen molar-refractivity contribution in [2.45, 2.75) is 18.4 Å². The quantitative estimate of drug-likeness (QED) is 0.810. The highest BCUT2D eigenvalue weighted by atomic mass is 35.5. The summed E-state index contributed by atoms with van der Waals surface area (Å²) >= 11 is 11.7. The van der Waals surface area contributed by atoms with Gasteiger partial charge in [-0.15, -0.1) is 0 Å². The number of aliphatic hydroxyl groups is 1. The number of likely N-dealkylation sites (N-methyl/N-ethyl adjacent to an activating group) is 1. The van der Waals surface area contributed by atoms with Crippen LogP contribution >= 0.6 is 23.2 Å². The summed E-state index contributed by atoms with van der Waals surface area (Å²) < 4.78 is 0. The first-order chi connectivity index (χ1) is 7.08. The van der Waals surface area contributed by atoms with E-state index in [2.05, 4.69) is 11.0 Å². The minimum atomic E-state index is -0.835. The fourth-order valence-electron chi connectivity index (χ4n) is 2.05. The fraction of sp³-hybridized carbons (Fsp3) is 0.455. The number of benzene rings is 1. The maximum atomic E-state index is 9.11. The third-order valence-corrected chi connectivity index (χ3v) is 3.15. The van der Waals surface area contributed by atoms with Crippen molar-refractivity contribution in [3.05, 3.63) is 28.3 Å². The minimum absolute atomic E-state index is 0.443. The number of anilines is 1. The highest BCUT2D eigenvalue weighted by molar-refractivity contribution is 6.33. The molecule has 1 N–H and O–H groups in total. The van der Waals surface area contributed by atoms with Crippen LogP contribution in [0.25, 0.3) is 0 Å². The summed E-state index contributed by atoms with van der Waals surface area (Å²) in [7, 11) is 2.04. The molecule has 2 nitrogen and oxygen atoms in total. The van der Waals surface area contributed by atoms with Crippen molar-refractivity contribution < 1.29 is 5.11 Å². The molecule has 2 rings (SSSR count). The first kappa shape index (κ1) is 11.1. The van der Waals surface area contributed by atoms with Crippen LogP contribution in [0.2, 0.25) is 5.02 Å². The Kier molecular flexibility index (Phi) is 3.10. The van der Waals surface area contributed by atoms with E-state index >= 15 is 0 Å². The van der Waals surface area contributed by atoms with Crippen LogP contribution in [0.15, 0.2) is 12.1 Å². The fourth-order valence-corrected chi connectivity index (χ4v) is 2.63. The van der Waals surface area contributed by atoms with Gasteiger partial charge < -0.3 is 10.0 Å². The number of rotatable bonds is 2. The molecule has 0 aliphatic carbocycles. The van der Waals surface area contributed by atoms with Crippen LogP contribution < -0.4 is 4.90 Å². The monoisotopic (exact) mass is 245 g/mol. The van der Waals surface area contributed by atoms with Crippen LogP contribution in [0.1, 0.15) is 11.1 Å². The number of halogens is 2. The SMILES string of the molecule is CN1CCc2cc(CC(O)Cl)cc(Cl)c21. The minimum Gasteiger partial charge on any atom is -0.377 e. The van der Waals surface area contributed by atoms with Gasteiger partial charge in [-0.3, -0.25) is 0 Å². The molecule has 0 radical (unpaired) electrons. The molecule has 15 heavy (non-hydrogen) atoms. The normalized spacial score (nSPS) is 16.7. The molecule has 1 aromatic rings. The average molecular weight is 246 g/mol. The van der Waals surface area contributed by atoms with E-state index in [1.807, 2.05) is 13.1 Å². The summed E-state index contributed by atoms with van der Waals surface area (Å²) in [5.74, 6) is 0. The number of nitrogens with zero attached hydrogens (tertiary/aromatic N) is 1. The molecule has 0 amide bonds. The maximum Gasteiger partial charge on any atom is 0.132 e. The molecule has 0 bridgehead atoms. The summed E-state index contributed by atoms with van der Waals surface area (Å²) in [4.78, 5) is 2.15. The summed E-state index contributed by atoms with van der Waals surface area (Å²) in [6, 6.07) is 3.96. The summed E-state index contributed by atoms with van der Waals surface area (Å²) in [5, 5.41) is 9.86. The topological polar surface area (TPSA) is 23.5 Å². The first-order valence-corrected chi connectivity index (χ1v) is 5.74. The molecule has 0 saturated heterocycles. The lowest BCUT2D eigenvalue weighted by Crippen LogP contribution is -2.12. The average Bonchev–Trinajstić information content (AvgIpc) is 2.46. The molecule has 0 fully saturated rings. The van der Waals surface area contributed by atoms with Crippen LogP contribution in [-0.4, -0.2) is 24.3 Å². The molecule has 1 unspecified atom stereocenters. The number of hydrogen-bond donors (Lipinski definition) is 1. The molecule has 1 aliphatic heterocycles. The Morgan fingerprint density at radius 3 is 2.93 bits per heavy atom. The second kappa shape index (κ2) is 4.20. The van der Waals surface area contributed by atoms with E-state index in [4.69, 9.17) is 28.3 Å². The van der Waals surface area contributed by atoms with Crippen molar-refractivity contribution in [3.8, 4) is 0 Å². The van der Waals surface area contributed by atoms with Crippen molar-refractivity contribution in [2.75, 3.05) is 18.5 Å². The van der Waals surface area contributed by atoms with Crippen LogP contribution in [0.3, 0.4) is 0 Å². The van der Waals surface area contributed by atoms with Crippen LogP contribution in [0, 0.1) is 0 Å². The summed E-state index contributed by atoms with van der Waals surface area (Å²) in [5.41, 5.74) is 2.52. The highest BCUT2D eigenvalue weighted by Crippen LogP contribution is 2.35. The van der Waals surface area contributed by atoms with Gasteiger partial charge in [0.15, 0.2) is 0 Å². The Morgan fingerprint density at radius 1 is 1.53 bits per heavy atom. The third kappa shape index (κ3) is 2.22. The molecule has 1 aromatic carbocycles. The smallest absolute Gasteiger partial charge is 0.132 e. The van der Waals surface area contributed by atoms with Crippen molar-refractivity contribution in [2.24, 2.45) is 0 Å².